The zero-order valence-electron chi connectivity index (χ0n) is 14.1. The summed E-state index contributed by atoms with van der Waals surface area (Å²) < 4.78 is 0. The average molecular weight is 301 g/mol. The Morgan fingerprint density at radius 3 is 2.32 bits per heavy atom. The second-order valence-electron chi connectivity index (χ2n) is 7.73. The number of fused-ring (bicyclic) bond motifs is 2. The zero-order chi connectivity index (χ0) is 16.2. The van der Waals surface area contributed by atoms with Crippen molar-refractivity contribution in [1.82, 2.24) is 0 Å². The number of amides is 1. The maximum absolute atomic E-state index is 13.5. The van der Waals surface area contributed by atoms with Crippen LogP contribution in [0.1, 0.15) is 47.0 Å². The maximum atomic E-state index is 13.5. The smallest absolute Gasteiger partial charge is 0.233 e. The van der Waals surface area contributed by atoms with Crippen molar-refractivity contribution < 1.29 is 9.90 Å². The van der Waals surface area contributed by atoms with Crippen LogP contribution in [0.15, 0.2) is 30.3 Å². The highest BCUT2D eigenvalue weighted by atomic mass is 16.3. The monoisotopic (exact) mass is 301 g/mol. The molecule has 0 spiro atoms. The first-order chi connectivity index (χ1) is 10.3. The molecular formula is C19H27NO2. The number of carbonyl (C=O) groups excluding carboxylic acids is 1. The van der Waals surface area contributed by atoms with Crippen LogP contribution in [0, 0.1) is 16.2 Å². The Labute approximate surface area is 133 Å². The van der Waals surface area contributed by atoms with Crippen LogP contribution in [0.2, 0.25) is 0 Å². The van der Waals surface area contributed by atoms with Gasteiger partial charge >= 0.3 is 0 Å². The van der Waals surface area contributed by atoms with E-state index >= 15 is 0 Å². The van der Waals surface area contributed by atoms with Gasteiger partial charge in [0.2, 0.25) is 5.91 Å². The molecule has 120 valence electrons. The molecule has 22 heavy (non-hydrogen) atoms. The SMILES string of the molecule is CCN(C(=O)C12CCC(C)(C(O)C1)C2(C)C)c1ccccc1. The third-order valence-corrected chi connectivity index (χ3v) is 7.01. The molecule has 0 heterocycles. The number of hydrogen-bond acceptors (Lipinski definition) is 2. The van der Waals surface area contributed by atoms with Crippen molar-refractivity contribution in [2.75, 3.05) is 11.4 Å². The normalized spacial score (nSPS) is 35.6. The summed E-state index contributed by atoms with van der Waals surface area (Å²) in [5, 5.41) is 10.6. The quantitative estimate of drug-likeness (QED) is 0.926. The van der Waals surface area contributed by atoms with Crippen LogP contribution in [0.4, 0.5) is 5.69 Å². The van der Waals surface area contributed by atoms with Crippen LogP contribution in [0.5, 0.6) is 0 Å². The van der Waals surface area contributed by atoms with Crippen molar-refractivity contribution in [2.24, 2.45) is 16.2 Å². The minimum Gasteiger partial charge on any atom is -0.393 e. The zero-order valence-corrected chi connectivity index (χ0v) is 14.1. The predicted molar refractivity (Wildman–Crippen MR) is 88.6 cm³/mol. The largest absolute Gasteiger partial charge is 0.393 e. The lowest BCUT2D eigenvalue weighted by Crippen LogP contribution is -2.48. The van der Waals surface area contributed by atoms with Crippen molar-refractivity contribution in [2.45, 2.75) is 53.1 Å². The Bertz CT molecular complexity index is 582. The highest BCUT2D eigenvalue weighted by Crippen LogP contribution is 2.72. The maximum Gasteiger partial charge on any atom is 0.233 e. The van der Waals surface area contributed by atoms with Gasteiger partial charge in [-0.2, -0.15) is 0 Å². The predicted octanol–water partition coefficient (Wildman–Crippen LogP) is 3.62. The average Bonchev–Trinajstić information content (AvgIpc) is 2.79. The van der Waals surface area contributed by atoms with Gasteiger partial charge in [0, 0.05) is 12.2 Å². The standard InChI is InChI=1S/C19H27NO2/c1-5-20(14-9-7-6-8-10-14)16(22)19-12-11-18(4,15(21)13-19)17(19,2)3/h6-10,15,21H,5,11-13H2,1-4H3. The summed E-state index contributed by atoms with van der Waals surface area (Å²) in [6.07, 6.45) is 2.03. The second kappa shape index (κ2) is 4.82. The van der Waals surface area contributed by atoms with Gasteiger partial charge in [-0.15, -0.1) is 0 Å². The molecule has 2 bridgehead atoms. The number of anilines is 1. The topological polar surface area (TPSA) is 40.5 Å². The number of hydrogen-bond donors (Lipinski definition) is 1. The minimum atomic E-state index is -0.437. The van der Waals surface area contributed by atoms with Crippen LogP contribution >= 0.6 is 0 Å². The summed E-state index contributed by atoms with van der Waals surface area (Å²) in [5.41, 5.74) is 0.181. The molecule has 3 rings (SSSR count). The molecule has 3 unspecified atom stereocenters. The molecule has 2 aliphatic rings. The van der Waals surface area contributed by atoms with E-state index in [0.29, 0.717) is 13.0 Å². The van der Waals surface area contributed by atoms with Crippen LogP contribution in [-0.2, 0) is 4.79 Å². The van der Waals surface area contributed by atoms with Crippen LogP contribution in [-0.4, -0.2) is 23.7 Å². The van der Waals surface area contributed by atoms with E-state index in [1.165, 1.54) is 0 Å². The van der Waals surface area contributed by atoms with E-state index in [9.17, 15) is 9.90 Å². The van der Waals surface area contributed by atoms with Crippen molar-refractivity contribution >= 4 is 11.6 Å². The molecule has 2 fully saturated rings. The fourth-order valence-electron chi connectivity index (χ4n) is 4.91. The van der Waals surface area contributed by atoms with Gasteiger partial charge in [0.1, 0.15) is 0 Å². The van der Waals surface area contributed by atoms with Crippen LogP contribution < -0.4 is 4.90 Å². The van der Waals surface area contributed by atoms with E-state index < -0.39 is 5.41 Å². The Kier molecular flexibility index (Phi) is 3.41. The molecule has 3 atom stereocenters. The number of aliphatic hydroxyl groups excluding tert-OH is 1. The summed E-state index contributed by atoms with van der Waals surface area (Å²) in [6.45, 7) is 9.18. The summed E-state index contributed by atoms with van der Waals surface area (Å²) >= 11 is 0. The Morgan fingerprint density at radius 1 is 1.23 bits per heavy atom. The molecule has 2 aliphatic carbocycles. The van der Waals surface area contributed by atoms with E-state index in [0.717, 1.165) is 18.5 Å². The van der Waals surface area contributed by atoms with Crippen molar-refractivity contribution in [3.8, 4) is 0 Å². The van der Waals surface area contributed by atoms with Gasteiger partial charge in [-0.25, -0.2) is 0 Å². The molecule has 1 amide bonds. The molecule has 3 heteroatoms. The lowest BCUT2D eigenvalue weighted by Gasteiger charge is -2.42. The van der Waals surface area contributed by atoms with Crippen LogP contribution in [0.25, 0.3) is 0 Å². The van der Waals surface area contributed by atoms with E-state index in [2.05, 4.69) is 20.8 Å². The Morgan fingerprint density at radius 2 is 1.86 bits per heavy atom. The first kappa shape index (κ1) is 15.5. The first-order valence-electron chi connectivity index (χ1n) is 8.35. The van der Waals surface area contributed by atoms with E-state index in [4.69, 9.17) is 0 Å². The number of benzene rings is 1. The minimum absolute atomic E-state index is 0.154. The molecule has 0 aliphatic heterocycles. The van der Waals surface area contributed by atoms with Gasteiger partial charge in [-0.05, 0) is 49.1 Å². The summed E-state index contributed by atoms with van der Waals surface area (Å²) in [6, 6.07) is 9.89. The molecule has 0 saturated heterocycles. The molecule has 1 N–H and O–H groups in total. The van der Waals surface area contributed by atoms with E-state index in [1.807, 2.05) is 42.2 Å². The molecule has 1 aromatic rings. The molecular weight excluding hydrogens is 274 g/mol. The fourth-order valence-corrected chi connectivity index (χ4v) is 4.91. The summed E-state index contributed by atoms with van der Waals surface area (Å²) in [7, 11) is 0. The Balaban J connectivity index is 2.01. The molecule has 3 nitrogen and oxygen atoms in total. The number of rotatable bonds is 3. The van der Waals surface area contributed by atoms with Gasteiger partial charge in [0.25, 0.3) is 0 Å². The van der Waals surface area contributed by atoms with Crippen LogP contribution in [0.3, 0.4) is 0 Å². The summed E-state index contributed by atoms with van der Waals surface area (Å²) in [4.78, 5) is 15.4. The molecule has 0 radical (unpaired) electrons. The molecule has 1 aromatic carbocycles. The molecule has 0 aromatic heterocycles. The van der Waals surface area contributed by atoms with Gasteiger partial charge in [0.05, 0.1) is 11.5 Å². The highest BCUT2D eigenvalue weighted by Gasteiger charge is 2.72. The number of aliphatic hydroxyl groups is 1. The van der Waals surface area contributed by atoms with Gasteiger partial charge < -0.3 is 10.0 Å². The van der Waals surface area contributed by atoms with Gasteiger partial charge in [0.15, 0.2) is 0 Å². The Hall–Kier alpha value is -1.35. The lowest BCUT2D eigenvalue weighted by atomic mass is 9.64. The van der Waals surface area contributed by atoms with Gasteiger partial charge in [-0.3, -0.25) is 4.79 Å². The first-order valence-corrected chi connectivity index (χ1v) is 8.35. The van der Waals surface area contributed by atoms with E-state index in [1.54, 1.807) is 0 Å². The third kappa shape index (κ3) is 1.69. The summed E-state index contributed by atoms with van der Waals surface area (Å²) in [5.74, 6) is 0.187. The fraction of sp³-hybridized carbons (Fsp3) is 0.632. The highest BCUT2D eigenvalue weighted by molar-refractivity contribution is 5.99. The van der Waals surface area contributed by atoms with Gasteiger partial charge in [-0.1, -0.05) is 39.0 Å². The van der Waals surface area contributed by atoms with Crippen molar-refractivity contribution in [1.29, 1.82) is 0 Å². The lowest BCUT2D eigenvalue weighted by molar-refractivity contribution is -0.133. The molecule has 2 saturated carbocycles. The number of nitrogens with zero attached hydrogens (tertiary/aromatic N) is 1. The van der Waals surface area contributed by atoms with Crippen molar-refractivity contribution in [3.63, 3.8) is 0 Å². The van der Waals surface area contributed by atoms with E-state index in [-0.39, 0.29) is 22.8 Å². The third-order valence-electron chi connectivity index (χ3n) is 7.01. The van der Waals surface area contributed by atoms with Crippen molar-refractivity contribution in [3.05, 3.63) is 30.3 Å². The second-order valence-corrected chi connectivity index (χ2v) is 7.73. The number of para-hydroxylation sites is 1. The number of carbonyl (C=O) groups is 1.